The number of carbonyl (C=O) groups is 1. The number of carbonyl (C=O) groups excluding carboxylic acids is 1. The minimum absolute atomic E-state index is 0.0355. The maximum absolute atomic E-state index is 13.0. The Balaban J connectivity index is 3.65. The summed E-state index contributed by atoms with van der Waals surface area (Å²) in [5, 5.41) is 2.48. The molecule has 0 N–H and O–H groups in total. The lowest BCUT2D eigenvalue weighted by Gasteiger charge is -2.19. The van der Waals surface area contributed by atoms with Gasteiger partial charge in [0.25, 0.3) is 6.47 Å². The van der Waals surface area contributed by atoms with Crippen LogP contribution >= 0.6 is 0 Å². The molecule has 0 unspecified atom stereocenters. The zero-order valence-corrected chi connectivity index (χ0v) is 9.31. The molecule has 0 atom stereocenters. The van der Waals surface area contributed by atoms with Crippen molar-refractivity contribution in [2.75, 3.05) is 0 Å². The molecule has 0 aliphatic carbocycles. The highest BCUT2D eigenvalue weighted by molar-refractivity contribution is 5.48. The van der Waals surface area contributed by atoms with Gasteiger partial charge in [-0.3, -0.25) is 4.79 Å². The standard InChI is InChI=1S/C8H4F8N2O2/c1-18-5(20-2-19)3(7(11,12)13)4(17-18)6(9,10)8(14,15)16/h2H,1H3. The third kappa shape index (κ3) is 2.54. The van der Waals surface area contributed by atoms with Crippen LogP contribution in [0, 0.1) is 0 Å². The van der Waals surface area contributed by atoms with Crippen molar-refractivity contribution in [3.63, 3.8) is 0 Å². The molecule has 1 aromatic rings. The fraction of sp³-hybridized carbons (Fsp3) is 0.500. The van der Waals surface area contributed by atoms with Gasteiger partial charge in [-0.1, -0.05) is 0 Å². The van der Waals surface area contributed by atoms with E-state index in [4.69, 9.17) is 0 Å². The summed E-state index contributed by atoms with van der Waals surface area (Å²) in [6, 6.07) is 0. The summed E-state index contributed by atoms with van der Waals surface area (Å²) in [7, 11) is 0.615. The summed E-state index contributed by atoms with van der Waals surface area (Å²) >= 11 is 0. The molecule has 114 valence electrons. The van der Waals surface area contributed by atoms with Gasteiger partial charge in [0.2, 0.25) is 5.88 Å². The average molecular weight is 312 g/mol. The molecule has 0 saturated carbocycles. The van der Waals surface area contributed by atoms with E-state index in [0.717, 1.165) is 0 Å². The molecule has 1 heterocycles. The quantitative estimate of drug-likeness (QED) is 0.636. The molecule has 20 heavy (non-hydrogen) atoms. The smallest absolute Gasteiger partial charge is 0.409 e. The van der Waals surface area contributed by atoms with Gasteiger partial charge in [0, 0.05) is 7.05 Å². The Morgan fingerprint density at radius 2 is 1.60 bits per heavy atom. The molecular formula is C8H4F8N2O2. The average Bonchev–Trinajstić information content (AvgIpc) is 2.55. The molecule has 0 aliphatic rings. The van der Waals surface area contributed by atoms with Crippen LogP contribution in [0.3, 0.4) is 0 Å². The number of aryl methyl sites for hydroxylation is 1. The van der Waals surface area contributed by atoms with Crippen molar-refractivity contribution in [3.05, 3.63) is 11.3 Å². The minimum Gasteiger partial charge on any atom is -0.409 e. The summed E-state index contributed by atoms with van der Waals surface area (Å²) in [4.78, 5) is 10.0. The van der Waals surface area contributed by atoms with Gasteiger partial charge >= 0.3 is 18.3 Å². The molecule has 4 nitrogen and oxygen atoms in total. The Morgan fingerprint density at radius 3 is 1.95 bits per heavy atom. The lowest BCUT2D eigenvalue weighted by atomic mass is 10.1. The molecule has 1 rings (SSSR count). The number of halogens is 8. The van der Waals surface area contributed by atoms with Crippen LogP contribution in [0.5, 0.6) is 5.88 Å². The van der Waals surface area contributed by atoms with Crippen LogP contribution in [0.4, 0.5) is 35.1 Å². The second-order valence-electron chi connectivity index (χ2n) is 3.44. The summed E-state index contributed by atoms with van der Waals surface area (Å²) < 4.78 is 104. The van der Waals surface area contributed by atoms with Crippen molar-refractivity contribution in [2.45, 2.75) is 18.3 Å². The Hall–Kier alpha value is -1.88. The minimum atomic E-state index is -6.29. The van der Waals surface area contributed by atoms with Crippen LogP contribution < -0.4 is 4.74 Å². The van der Waals surface area contributed by atoms with Gasteiger partial charge in [-0.25, -0.2) is 4.68 Å². The lowest BCUT2D eigenvalue weighted by molar-refractivity contribution is -0.292. The maximum atomic E-state index is 13.0. The van der Waals surface area contributed by atoms with Crippen LogP contribution in [0.1, 0.15) is 11.3 Å². The van der Waals surface area contributed by atoms with E-state index in [2.05, 4.69) is 9.84 Å². The number of nitrogens with zero attached hydrogens (tertiary/aromatic N) is 2. The van der Waals surface area contributed by atoms with Gasteiger partial charge in [0.1, 0.15) is 5.56 Å². The summed E-state index contributed by atoms with van der Waals surface area (Å²) in [6.07, 6.45) is -11.9. The largest absolute Gasteiger partial charge is 0.459 e. The molecule has 0 amide bonds. The first kappa shape index (κ1) is 16.2. The van der Waals surface area contributed by atoms with E-state index in [1.54, 1.807) is 0 Å². The first-order valence-corrected chi connectivity index (χ1v) is 4.53. The van der Waals surface area contributed by atoms with E-state index in [1.165, 1.54) is 0 Å². The summed E-state index contributed by atoms with van der Waals surface area (Å²) in [6.45, 7) is -0.554. The Bertz CT molecular complexity index is 516. The van der Waals surface area contributed by atoms with E-state index in [9.17, 15) is 39.9 Å². The van der Waals surface area contributed by atoms with E-state index < -0.39 is 41.9 Å². The number of hydrogen-bond donors (Lipinski definition) is 0. The van der Waals surface area contributed by atoms with Crippen molar-refractivity contribution in [1.29, 1.82) is 0 Å². The summed E-state index contributed by atoms with van der Waals surface area (Å²) in [5.41, 5.74) is -5.05. The predicted molar refractivity (Wildman–Crippen MR) is 44.9 cm³/mol. The number of rotatable bonds is 3. The van der Waals surface area contributed by atoms with Gasteiger partial charge in [-0.2, -0.15) is 40.2 Å². The molecule has 0 bridgehead atoms. The van der Waals surface area contributed by atoms with Gasteiger partial charge < -0.3 is 4.74 Å². The third-order valence-electron chi connectivity index (χ3n) is 2.09. The van der Waals surface area contributed by atoms with Gasteiger partial charge in [0.05, 0.1) is 0 Å². The molecule has 0 radical (unpaired) electrons. The van der Waals surface area contributed by atoms with Crippen LogP contribution in [0.2, 0.25) is 0 Å². The van der Waals surface area contributed by atoms with Gasteiger partial charge in [-0.15, -0.1) is 0 Å². The topological polar surface area (TPSA) is 44.1 Å². The fourth-order valence-electron chi connectivity index (χ4n) is 1.30. The maximum Gasteiger partial charge on any atom is 0.459 e. The monoisotopic (exact) mass is 312 g/mol. The van der Waals surface area contributed by atoms with Crippen molar-refractivity contribution in [2.24, 2.45) is 7.05 Å². The third-order valence-corrected chi connectivity index (χ3v) is 2.09. The van der Waals surface area contributed by atoms with Crippen LogP contribution in [0.15, 0.2) is 0 Å². The molecule has 0 aromatic carbocycles. The second-order valence-corrected chi connectivity index (χ2v) is 3.44. The highest BCUT2D eigenvalue weighted by Gasteiger charge is 2.64. The Kier molecular flexibility index (Phi) is 3.72. The van der Waals surface area contributed by atoms with Crippen LogP contribution in [0.25, 0.3) is 0 Å². The number of hydrogen-bond acceptors (Lipinski definition) is 3. The van der Waals surface area contributed by atoms with Crippen LogP contribution in [-0.4, -0.2) is 22.4 Å². The van der Waals surface area contributed by atoms with Crippen molar-refractivity contribution < 1.29 is 44.7 Å². The van der Waals surface area contributed by atoms with Crippen molar-refractivity contribution >= 4 is 6.47 Å². The number of alkyl halides is 8. The lowest BCUT2D eigenvalue weighted by Crippen LogP contribution is -2.36. The molecule has 12 heteroatoms. The molecule has 0 saturated heterocycles. The van der Waals surface area contributed by atoms with E-state index in [0.29, 0.717) is 7.05 Å². The number of ether oxygens (including phenoxy) is 1. The number of aromatic nitrogens is 2. The molecular weight excluding hydrogens is 308 g/mol. The fourth-order valence-corrected chi connectivity index (χ4v) is 1.30. The first-order valence-electron chi connectivity index (χ1n) is 4.53. The zero-order chi connectivity index (χ0) is 15.9. The molecule has 1 aromatic heterocycles. The Morgan fingerprint density at radius 1 is 1.10 bits per heavy atom. The Labute approximate surface area is 104 Å². The van der Waals surface area contributed by atoms with Crippen molar-refractivity contribution in [3.8, 4) is 5.88 Å². The van der Waals surface area contributed by atoms with E-state index in [1.807, 2.05) is 0 Å². The zero-order valence-electron chi connectivity index (χ0n) is 9.31. The van der Waals surface area contributed by atoms with E-state index >= 15 is 0 Å². The predicted octanol–water partition coefficient (Wildman–Crippen LogP) is 2.63. The highest BCUT2D eigenvalue weighted by Crippen LogP contribution is 2.50. The SMILES string of the molecule is Cn1nc(C(F)(F)C(F)(F)F)c(C(F)(F)F)c1OC=O. The summed E-state index contributed by atoms with van der Waals surface area (Å²) in [5.74, 6) is -7.42. The second kappa shape index (κ2) is 4.59. The normalized spacial score (nSPS) is 13.4. The van der Waals surface area contributed by atoms with Gasteiger partial charge in [0.15, 0.2) is 5.69 Å². The van der Waals surface area contributed by atoms with Crippen molar-refractivity contribution in [1.82, 2.24) is 9.78 Å². The van der Waals surface area contributed by atoms with E-state index in [-0.39, 0.29) is 4.68 Å². The first-order chi connectivity index (χ1) is 8.84. The molecule has 0 spiro atoms. The van der Waals surface area contributed by atoms with Gasteiger partial charge in [-0.05, 0) is 0 Å². The molecule has 0 fully saturated rings. The highest BCUT2D eigenvalue weighted by atomic mass is 19.4. The molecule has 0 aliphatic heterocycles. The van der Waals surface area contributed by atoms with Crippen LogP contribution in [-0.2, 0) is 23.9 Å².